The zero-order valence-corrected chi connectivity index (χ0v) is 27.5. The molecular formula is C38H50O9. The number of carbonyl (C=O) groups is 3. The second-order valence-corrected chi connectivity index (χ2v) is 11.6. The summed E-state index contributed by atoms with van der Waals surface area (Å²) in [5.74, 6) is 0.671. The highest BCUT2D eigenvalue weighted by atomic mass is 16.5. The predicted molar refractivity (Wildman–Crippen MR) is 180 cm³/mol. The van der Waals surface area contributed by atoms with Crippen LogP contribution in [0.2, 0.25) is 0 Å². The van der Waals surface area contributed by atoms with Crippen molar-refractivity contribution in [3.8, 4) is 17.2 Å². The molecule has 256 valence electrons. The summed E-state index contributed by atoms with van der Waals surface area (Å²) in [4.78, 5) is 36.5. The van der Waals surface area contributed by atoms with Crippen LogP contribution in [-0.2, 0) is 23.8 Å². The monoisotopic (exact) mass is 650 g/mol. The summed E-state index contributed by atoms with van der Waals surface area (Å²) in [5.41, 5.74) is 0.463. The molecule has 0 bridgehead atoms. The molecule has 2 aromatic carbocycles. The van der Waals surface area contributed by atoms with Crippen molar-refractivity contribution in [1.82, 2.24) is 0 Å². The van der Waals surface area contributed by atoms with Gasteiger partial charge in [-0.15, -0.1) is 6.58 Å². The normalized spacial score (nSPS) is 15.7. The third kappa shape index (κ3) is 15.4. The fourth-order valence-electron chi connectivity index (χ4n) is 5.12. The number of carbonyl (C=O) groups excluding carboxylic acids is 3. The summed E-state index contributed by atoms with van der Waals surface area (Å²) in [6, 6.07) is 14.1. The van der Waals surface area contributed by atoms with Crippen molar-refractivity contribution < 1.29 is 42.8 Å². The molecule has 0 unspecified atom stereocenters. The van der Waals surface area contributed by atoms with E-state index in [2.05, 4.69) is 13.2 Å². The lowest BCUT2D eigenvalue weighted by molar-refractivity contribution is -0.140. The van der Waals surface area contributed by atoms with Gasteiger partial charge in [-0.05, 0) is 119 Å². The number of ether oxygens (including phenoxy) is 6. The van der Waals surface area contributed by atoms with Gasteiger partial charge >= 0.3 is 17.9 Å². The highest BCUT2D eigenvalue weighted by Gasteiger charge is 2.30. The molecule has 0 atom stereocenters. The maximum Gasteiger partial charge on any atom is 0.338 e. The van der Waals surface area contributed by atoms with Crippen molar-refractivity contribution in [2.24, 2.45) is 5.92 Å². The van der Waals surface area contributed by atoms with Crippen LogP contribution in [0.3, 0.4) is 0 Å². The molecule has 1 aliphatic carbocycles. The zero-order chi connectivity index (χ0) is 33.5. The number of esters is 3. The van der Waals surface area contributed by atoms with E-state index in [1.807, 2.05) is 12.1 Å². The molecule has 1 fully saturated rings. The lowest BCUT2D eigenvalue weighted by Gasteiger charge is -2.27. The highest BCUT2D eigenvalue weighted by Crippen LogP contribution is 2.29. The molecule has 1 aliphatic rings. The van der Waals surface area contributed by atoms with Crippen LogP contribution in [0.5, 0.6) is 17.2 Å². The fourth-order valence-corrected chi connectivity index (χ4v) is 5.12. The van der Waals surface area contributed by atoms with Crippen molar-refractivity contribution in [3.05, 3.63) is 79.4 Å². The number of benzene rings is 2. The number of hydrogen-bond acceptors (Lipinski definition) is 9. The van der Waals surface area contributed by atoms with Crippen LogP contribution in [-0.4, -0.2) is 57.0 Å². The Hall–Kier alpha value is -4.11. The molecule has 0 saturated heterocycles. The van der Waals surface area contributed by atoms with Crippen molar-refractivity contribution >= 4 is 17.9 Å². The molecule has 9 heteroatoms. The van der Waals surface area contributed by atoms with Gasteiger partial charge in [0.05, 0.1) is 37.9 Å². The van der Waals surface area contributed by atoms with Crippen LogP contribution in [0.1, 0.15) is 87.4 Å². The molecule has 0 amide bonds. The third-order valence-electron chi connectivity index (χ3n) is 7.82. The van der Waals surface area contributed by atoms with Gasteiger partial charge in [0.1, 0.15) is 23.4 Å². The molecule has 0 aliphatic heterocycles. The van der Waals surface area contributed by atoms with E-state index in [1.165, 1.54) is 0 Å². The fraction of sp³-hybridized carbons (Fsp3) is 0.500. The molecule has 0 N–H and O–H groups in total. The first-order valence-electron chi connectivity index (χ1n) is 16.8. The summed E-state index contributed by atoms with van der Waals surface area (Å²) in [6.45, 7) is 9.97. The third-order valence-corrected chi connectivity index (χ3v) is 7.82. The Bertz CT molecular complexity index is 1210. The molecule has 47 heavy (non-hydrogen) atoms. The van der Waals surface area contributed by atoms with E-state index >= 15 is 0 Å². The summed E-state index contributed by atoms with van der Waals surface area (Å²) in [6.07, 6.45) is 12.9. The maximum absolute atomic E-state index is 12.8. The van der Waals surface area contributed by atoms with Crippen molar-refractivity contribution in [2.75, 3.05) is 33.0 Å². The molecule has 0 heterocycles. The van der Waals surface area contributed by atoms with E-state index in [0.29, 0.717) is 69.2 Å². The lowest BCUT2D eigenvalue weighted by atomic mass is 9.87. The summed E-state index contributed by atoms with van der Waals surface area (Å²) < 4.78 is 33.3. The minimum atomic E-state index is -0.394. The first-order chi connectivity index (χ1) is 23.0. The highest BCUT2D eigenvalue weighted by molar-refractivity contribution is 5.89. The van der Waals surface area contributed by atoms with Crippen molar-refractivity contribution in [1.29, 1.82) is 0 Å². The molecule has 1 saturated carbocycles. The molecule has 0 spiro atoms. The smallest absolute Gasteiger partial charge is 0.338 e. The number of hydrogen-bond donors (Lipinski definition) is 0. The van der Waals surface area contributed by atoms with Gasteiger partial charge in [-0.3, -0.25) is 4.79 Å². The average Bonchev–Trinajstić information content (AvgIpc) is 3.09. The first-order valence-corrected chi connectivity index (χ1v) is 16.8. The van der Waals surface area contributed by atoms with Crippen molar-refractivity contribution in [3.63, 3.8) is 0 Å². The van der Waals surface area contributed by atoms with Gasteiger partial charge in [-0.2, -0.15) is 0 Å². The minimum absolute atomic E-state index is 0.228. The van der Waals surface area contributed by atoms with Crippen LogP contribution in [0.4, 0.5) is 0 Å². The Kier molecular flexibility index (Phi) is 17.8. The predicted octanol–water partition coefficient (Wildman–Crippen LogP) is 7.82. The Morgan fingerprint density at radius 1 is 0.660 bits per heavy atom. The van der Waals surface area contributed by atoms with E-state index in [1.54, 1.807) is 42.5 Å². The molecule has 9 nitrogen and oxygen atoms in total. The standard InChI is InChI=1S/C38H50O9/c1-3-25-42-26-9-5-6-10-28-44-33-21-23-35(24-22-33)47-38(41)31-15-19-34(20-16-31)46-37(40)30-13-17-32(18-14-30)43-27-11-7-8-12-29-45-36(39)4-2/h3-4,13-14,17-18,21-24,31,34H,1-2,5-12,15-16,19-20,25-29H2. The SMILES string of the molecule is C=CCOCCCCCCOc1ccc(OC(=O)C2CCC(OC(=O)c3ccc(OCCCCCCOC(=O)C=C)cc3)CC2)cc1. The Morgan fingerprint density at radius 3 is 1.77 bits per heavy atom. The topological polar surface area (TPSA) is 107 Å². The first kappa shape index (κ1) is 37.3. The zero-order valence-electron chi connectivity index (χ0n) is 27.5. The molecule has 2 aromatic rings. The van der Waals surface area contributed by atoms with Crippen LogP contribution in [0.25, 0.3) is 0 Å². The van der Waals surface area contributed by atoms with Crippen molar-refractivity contribution in [2.45, 2.75) is 83.2 Å². The van der Waals surface area contributed by atoms with Crippen LogP contribution in [0.15, 0.2) is 73.8 Å². The Morgan fingerprint density at radius 2 is 1.19 bits per heavy atom. The molecule has 0 aromatic heterocycles. The number of rotatable bonds is 23. The van der Waals surface area contributed by atoms with E-state index < -0.39 is 5.97 Å². The lowest BCUT2D eigenvalue weighted by Crippen LogP contribution is -2.30. The minimum Gasteiger partial charge on any atom is -0.494 e. The molecular weight excluding hydrogens is 600 g/mol. The quantitative estimate of drug-likeness (QED) is 0.0391. The Balaban J connectivity index is 1.25. The van der Waals surface area contributed by atoms with Gasteiger partial charge in [-0.1, -0.05) is 19.1 Å². The maximum atomic E-state index is 12.8. The second kappa shape index (κ2) is 22.4. The molecule has 0 radical (unpaired) electrons. The summed E-state index contributed by atoms with van der Waals surface area (Å²) in [7, 11) is 0. The van der Waals surface area contributed by atoms with Crippen LogP contribution in [0, 0.1) is 5.92 Å². The van der Waals surface area contributed by atoms with Crippen LogP contribution >= 0.6 is 0 Å². The van der Waals surface area contributed by atoms with E-state index in [4.69, 9.17) is 28.4 Å². The van der Waals surface area contributed by atoms with E-state index in [-0.39, 0.29) is 24.0 Å². The van der Waals surface area contributed by atoms with Crippen LogP contribution < -0.4 is 14.2 Å². The van der Waals surface area contributed by atoms with E-state index in [9.17, 15) is 14.4 Å². The average molecular weight is 651 g/mol. The van der Waals surface area contributed by atoms with E-state index in [0.717, 1.165) is 69.8 Å². The van der Waals surface area contributed by atoms with Gasteiger partial charge in [0.2, 0.25) is 0 Å². The largest absolute Gasteiger partial charge is 0.494 e. The summed E-state index contributed by atoms with van der Waals surface area (Å²) >= 11 is 0. The second-order valence-electron chi connectivity index (χ2n) is 11.6. The van der Waals surface area contributed by atoms with Gasteiger partial charge < -0.3 is 28.4 Å². The van der Waals surface area contributed by atoms with Gasteiger partial charge in [0.15, 0.2) is 0 Å². The van der Waals surface area contributed by atoms with Gasteiger partial charge in [0, 0.05) is 12.7 Å². The summed E-state index contributed by atoms with van der Waals surface area (Å²) in [5, 5.41) is 0. The number of unbranched alkanes of at least 4 members (excludes halogenated alkanes) is 6. The Labute approximate surface area is 279 Å². The van der Waals surface area contributed by atoms with Gasteiger partial charge in [0.25, 0.3) is 0 Å². The van der Waals surface area contributed by atoms with Gasteiger partial charge in [-0.25, -0.2) is 9.59 Å². The molecule has 3 rings (SSSR count).